The van der Waals surface area contributed by atoms with Gasteiger partial charge in [0.2, 0.25) is 0 Å². The first kappa shape index (κ1) is 11.1. The number of alkyl halides is 1. The van der Waals surface area contributed by atoms with Crippen LogP contribution in [0.25, 0.3) is 11.1 Å². The zero-order chi connectivity index (χ0) is 10.7. The molecule has 0 saturated heterocycles. The van der Waals surface area contributed by atoms with Crippen LogP contribution in [0.1, 0.15) is 5.56 Å². The minimum Gasteiger partial charge on any atom is -0.0876 e. The number of rotatable bonds is 2. The second-order valence-corrected chi connectivity index (χ2v) is 4.99. The highest BCUT2D eigenvalue weighted by Crippen LogP contribution is 2.29. The zero-order valence-corrected chi connectivity index (χ0v) is 11.8. The summed E-state index contributed by atoms with van der Waals surface area (Å²) >= 11 is 5.91. The van der Waals surface area contributed by atoms with Crippen LogP contribution in [-0.4, -0.2) is 0 Å². The molecule has 0 saturated carbocycles. The average molecular weight is 373 g/mol. The summed E-state index contributed by atoms with van der Waals surface area (Å²) in [7, 11) is 0. The van der Waals surface area contributed by atoms with Crippen molar-refractivity contribution >= 4 is 38.5 Å². The molecule has 0 amide bonds. The first-order valence-corrected chi connectivity index (χ1v) is 6.91. The van der Waals surface area contributed by atoms with E-state index in [2.05, 4.69) is 87.1 Å². The average Bonchev–Trinajstić information content (AvgIpc) is 2.30. The summed E-state index contributed by atoms with van der Waals surface area (Å²) in [6.45, 7) is 0. The van der Waals surface area contributed by atoms with Crippen LogP contribution in [0.2, 0.25) is 0 Å². The van der Waals surface area contributed by atoms with Crippen LogP contribution < -0.4 is 0 Å². The van der Waals surface area contributed by atoms with Crippen molar-refractivity contribution in [2.24, 2.45) is 0 Å². The van der Waals surface area contributed by atoms with Crippen LogP contribution in [-0.2, 0) is 5.33 Å². The maximum atomic E-state index is 3.53. The number of halogens is 2. The van der Waals surface area contributed by atoms with E-state index in [1.807, 2.05) is 0 Å². The standard InChI is InChI=1S/C13H10BrI/c14-9-10-5-1-2-6-11(10)12-7-3-4-8-13(12)15/h1-8H,9H2. The lowest BCUT2D eigenvalue weighted by Gasteiger charge is -2.08. The van der Waals surface area contributed by atoms with Gasteiger partial charge in [0.15, 0.2) is 0 Å². The lowest BCUT2D eigenvalue weighted by Crippen LogP contribution is -1.87. The quantitative estimate of drug-likeness (QED) is 0.522. The Morgan fingerprint density at radius 2 is 1.47 bits per heavy atom. The normalized spacial score (nSPS) is 10.3. The summed E-state index contributed by atoms with van der Waals surface area (Å²) in [5.41, 5.74) is 3.97. The Hall–Kier alpha value is -0.350. The predicted molar refractivity (Wildman–Crippen MR) is 77.2 cm³/mol. The van der Waals surface area contributed by atoms with Crippen molar-refractivity contribution in [1.29, 1.82) is 0 Å². The first-order chi connectivity index (χ1) is 7.33. The molecular formula is C13H10BrI. The van der Waals surface area contributed by atoms with Gasteiger partial charge in [-0.2, -0.15) is 0 Å². The van der Waals surface area contributed by atoms with Crippen LogP contribution >= 0.6 is 38.5 Å². The van der Waals surface area contributed by atoms with Crippen molar-refractivity contribution in [3.05, 3.63) is 57.7 Å². The molecule has 0 atom stereocenters. The molecule has 2 rings (SSSR count). The number of benzene rings is 2. The second-order valence-electron chi connectivity index (χ2n) is 3.27. The van der Waals surface area contributed by atoms with Crippen molar-refractivity contribution in [1.82, 2.24) is 0 Å². The monoisotopic (exact) mass is 372 g/mol. The Balaban J connectivity index is 2.59. The van der Waals surface area contributed by atoms with E-state index in [-0.39, 0.29) is 0 Å². The van der Waals surface area contributed by atoms with Crippen molar-refractivity contribution in [2.75, 3.05) is 0 Å². The van der Waals surface area contributed by atoms with E-state index in [1.54, 1.807) is 0 Å². The molecule has 0 aliphatic heterocycles. The van der Waals surface area contributed by atoms with E-state index in [9.17, 15) is 0 Å². The van der Waals surface area contributed by atoms with Gasteiger partial charge in [-0.05, 0) is 45.3 Å². The minimum absolute atomic E-state index is 0.897. The van der Waals surface area contributed by atoms with E-state index in [0.717, 1.165) is 5.33 Å². The van der Waals surface area contributed by atoms with Gasteiger partial charge in [0.25, 0.3) is 0 Å². The maximum Gasteiger partial charge on any atom is 0.0289 e. The first-order valence-electron chi connectivity index (χ1n) is 4.71. The van der Waals surface area contributed by atoms with Gasteiger partial charge in [-0.25, -0.2) is 0 Å². The fraction of sp³-hybridized carbons (Fsp3) is 0.0769. The van der Waals surface area contributed by atoms with Gasteiger partial charge in [0.05, 0.1) is 0 Å². The summed E-state index contributed by atoms with van der Waals surface area (Å²) in [6, 6.07) is 17.0. The van der Waals surface area contributed by atoms with E-state index < -0.39 is 0 Å². The van der Waals surface area contributed by atoms with Gasteiger partial charge in [0.1, 0.15) is 0 Å². The largest absolute Gasteiger partial charge is 0.0876 e. The molecule has 76 valence electrons. The lowest BCUT2D eigenvalue weighted by atomic mass is 10.0. The highest BCUT2D eigenvalue weighted by molar-refractivity contribution is 14.1. The molecule has 0 N–H and O–H groups in total. The maximum absolute atomic E-state index is 3.53. The van der Waals surface area contributed by atoms with Crippen LogP contribution in [0.5, 0.6) is 0 Å². The number of hydrogen-bond acceptors (Lipinski definition) is 0. The van der Waals surface area contributed by atoms with Crippen LogP contribution in [0.3, 0.4) is 0 Å². The molecular weight excluding hydrogens is 363 g/mol. The van der Waals surface area contributed by atoms with Gasteiger partial charge >= 0.3 is 0 Å². The van der Waals surface area contributed by atoms with Gasteiger partial charge in [0, 0.05) is 8.90 Å². The fourth-order valence-electron chi connectivity index (χ4n) is 1.58. The van der Waals surface area contributed by atoms with E-state index in [1.165, 1.54) is 20.3 Å². The molecule has 0 radical (unpaired) electrons. The summed E-state index contributed by atoms with van der Waals surface area (Å²) in [4.78, 5) is 0. The SMILES string of the molecule is BrCc1ccccc1-c1ccccc1I. The van der Waals surface area contributed by atoms with E-state index in [0.29, 0.717) is 0 Å². The van der Waals surface area contributed by atoms with Gasteiger partial charge < -0.3 is 0 Å². The topological polar surface area (TPSA) is 0 Å². The molecule has 0 nitrogen and oxygen atoms in total. The smallest absolute Gasteiger partial charge is 0.0289 e. The van der Waals surface area contributed by atoms with Gasteiger partial charge in [-0.15, -0.1) is 0 Å². The highest BCUT2D eigenvalue weighted by atomic mass is 127. The van der Waals surface area contributed by atoms with Gasteiger partial charge in [-0.1, -0.05) is 58.4 Å². The zero-order valence-electron chi connectivity index (χ0n) is 8.08. The third-order valence-electron chi connectivity index (χ3n) is 2.33. The lowest BCUT2D eigenvalue weighted by molar-refractivity contribution is 1.42. The summed E-state index contributed by atoms with van der Waals surface area (Å²) in [5.74, 6) is 0. The molecule has 0 heterocycles. The van der Waals surface area contributed by atoms with Gasteiger partial charge in [-0.3, -0.25) is 0 Å². The third-order valence-corrected chi connectivity index (χ3v) is 3.87. The highest BCUT2D eigenvalue weighted by Gasteiger charge is 2.05. The molecule has 0 aromatic heterocycles. The van der Waals surface area contributed by atoms with Crippen molar-refractivity contribution in [2.45, 2.75) is 5.33 Å². The van der Waals surface area contributed by atoms with E-state index in [4.69, 9.17) is 0 Å². The van der Waals surface area contributed by atoms with Crippen LogP contribution in [0.4, 0.5) is 0 Å². The molecule has 2 aromatic carbocycles. The third kappa shape index (κ3) is 2.42. The molecule has 0 bridgehead atoms. The molecule has 0 spiro atoms. The van der Waals surface area contributed by atoms with Crippen molar-refractivity contribution in [3.8, 4) is 11.1 Å². The molecule has 0 unspecified atom stereocenters. The molecule has 0 fully saturated rings. The molecule has 0 aliphatic rings. The van der Waals surface area contributed by atoms with E-state index >= 15 is 0 Å². The molecule has 15 heavy (non-hydrogen) atoms. The summed E-state index contributed by atoms with van der Waals surface area (Å²) in [6.07, 6.45) is 0. The Kier molecular flexibility index (Phi) is 3.81. The second kappa shape index (κ2) is 5.12. The van der Waals surface area contributed by atoms with Crippen LogP contribution in [0.15, 0.2) is 48.5 Å². The summed E-state index contributed by atoms with van der Waals surface area (Å²) in [5, 5.41) is 0.897. The Labute approximate surface area is 112 Å². The van der Waals surface area contributed by atoms with Crippen LogP contribution in [0, 0.1) is 3.57 Å². The number of hydrogen-bond donors (Lipinski definition) is 0. The Morgan fingerprint density at radius 3 is 2.13 bits per heavy atom. The molecule has 2 aromatic rings. The minimum atomic E-state index is 0.897. The summed E-state index contributed by atoms with van der Waals surface area (Å²) < 4.78 is 1.29. The predicted octanol–water partition coefficient (Wildman–Crippen LogP) is 4.85. The van der Waals surface area contributed by atoms with Crippen molar-refractivity contribution in [3.63, 3.8) is 0 Å². The molecule has 2 heteroatoms. The Morgan fingerprint density at radius 1 is 0.867 bits per heavy atom. The Bertz CT molecular complexity index is 466. The fourth-order valence-corrected chi connectivity index (χ4v) is 2.75. The van der Waals surface area contributed by atoms with Crippen molar-refractivity contribution < 1.29 is 0 Å². The molecule has 0 aliphatic carbocycles.